The van der Waals surface area contributed by atoms with E-state index in [2.05, 4.69) is 15.2 Å². The van der Waals surface area contributed by atoms with E-state index in [0.29, 0.717) is 30.7 Å². The molecule has 7 nitrogen and oxygen atoms in total. The van der Waals surface area contributed by atoms with Crippen molar-refractivity contribution in [1.82, 2.24) is 24.8 Å². The van der Waals surface area contributed by atoms with E-state index in [-0.39, 0.29) is 17.2 Å². The monoisotopic (exact) mass is 401 g/mol. The summed E-state index contributed by atoms with van der Waals surface area (Å²) in [5.74, 6) is 0.616. The molecule has 2 heterocycles. The zero-order valence-electron chi connectivity index (χ0n) is 18.0. The molecular formula is C22H35N5O2. The Hall–Kier alpha value is -1.92. The Kier molecular flexibility index (Phi) is 5.93. The molecule has 7 heteroatoms. The fraction of sp³-hybridized carbons (Fsp3) is 0.818. The molecule has 4 rings (SSSR count). The molecular weight excluding hydrogens is 366 g/mol. The van der Waals surface area contributed by atoms with Crippen molar-refractivity contribution in [2.75, 3.05) is 26.2 Å². The number of nitrogens with zero attached hydrogens (tertiary/aromatic N) is 5. The summed E-state index contributed by atoms with van der Waals surface area (Å²) in [4.78, 5) is 29.3. The Morgan fingerprint density at radius 3 is 2.34 bits per heavy atom. The molecule has 1 aliphatic heterocycles. The average Bonchev–Trinajstić information content (AvgIpc) is 3.23. The van der Waals surface area contributed by atoms with Gasteiger partial charge in [-0.3, -0.25) is 9.59 Å². The first kappa shape index (κ1) is 20.4. The van der Waals surface area contributed by atoms with Crippen LogP contribution in [0.3, 0.4) is 0 Å². The molecule has 0 aromatic carbocycles. The topological polar surface area (TPSA) is 71.3 Å². The van der Waals surface area contributed by atoms with E-state index in [9.17, 15) is 9.59 Å². The van der Waals surface area contributed by atoms with Gasteiger partial charge in [0.2, 0.25) is 5.91 Å². The fourth-order valence-electron chi connectivity index (χ4n) is 5.66. The van der Waals surface area contributed by atoms with Crippen LogP contribution in [0.2, 0.25) is 0 Å². The summed E-state index contributed by atoms with van der Waals surface area (Å²) in [7, 11) is 0. The maximum absolute atomic E-state index is 12.9. The van der Waals surface area contributed by atoms with Crippen molar-refractivity contribution >= 4 is 11.8 Å². The molecule has 1 saturated heterocycles. The Morgan fingerprint density at radius 2 is 1.76 bits per heavy atom. The molecule has 1 unspecified atom stereocenters. The summed E-state index contributed by atoms with van der Waals surface area (Å²) in [5.41, 5.74) is 0.660. The number of piperidine rings is 1. The van der Waals surface area contributed by atoms with Gasteiger partial charge in [-0.1, -0.05) is 24.5 Å². The van der Waals surface area contributed by atoms with E-state index in [4.69, 9.17) is 0 Å². The number of carbonyl (C=O) groups is 2. The zero-order valence-corrected chi connectivity index (χ0v) is 18.0. The smallest absolute Gasteiger partial charge is 0.276 e. The minimum Gasteiger partial charge on any atom is -0.342 e. The third kappa shape index (κ3) is 3.80. The molecule has 2 saturated carbocycles. The van der Waals surface area contributed by atoms with Gasteiger partial charge in [-0.15, -0.1) is 5.10 Å². The van der Waals surface area contributed by atoms with E-state index >= 15 is 0 Å². The van der Waals surface area contributed by atoms with Crippen LogP contribution in [-0.2, 0) is 4.79 Å². The van der Waals surface area contributed by atoms with E-state index in [1.807, 2.05) is 24.7 Å². The van der Waals surface area contributed by atoms with Crippen LogP contribution in [0.5, 0.6) is 0 Å². The highest BCUT2D eigenvalue weighted by molar-refractivity contribution is 5.91. The second-order valence-electron chi connectivity index (χ2n) is 9.14. The lowest BCUT2D eigenvalue weighted by Gasteiger charge is -2.53. The van der Waals surface area contributed by atoms with Crippen LogP contribution in [0, 0.1) is 11.3 Å². The summed E-state index contributed by atoms with van der Waals surface area (Å²) in [5, 5.41) is 8.50. The third-order valence-electron chi connectivity index (χ3n) is 7.75. The van der Waals surface area contributed by atoms with Gasteiger partial charge in [0.25, 0.3) is 5.91 Å². The van der Waals surface area contributed by atoms with Gasteiger partial charge in [0.1, 0.15) is 0 Å². The summed E-state index contributed by atoms with van der Waals surface area (Å²) in [6, 6.07) is 0.306. The van der Waals surface area contributed by atoms with Crippen molar-refractivity contribution < 1.29 is 9.59 Å². The van der Waals surface area contributed by atoms with E-state index in [0.717, 1.165) is 45.2 Å². The maximum Gasteiger partial charge on any atom is 0.276 e. The molecule has 0 radical (unpaired) electrons. The first-order chi connectivity index (χ1) is 14.1. The van der Waals surface area contributed by atoms with Crippen molar-refractivity contribution in [3.8, 4) is 0 Å². The molecule has 160 valence electrons. The highest BCUT2D eigenvalue weighted by Crippen LogP contribution is 2.56. The lowest BCUT2D eigenvalue weighted by atomic mass is 9.59. The van der Waals surface area contributed by atoms with Crippen LogP contribution in [0.15, 0.2) is 6.20 Å². The second-order valence-corrected chi connectivity index (χ2v) is 9.14. The van der Waals surface area contributed by atoms with Gasteiger partial charge >= 0.3 is 0 Å². The molecule has 2 amide bonds. The molecule has 1 aromatic heterocycles. The minimum absolute atomic E-state index is 0.0393. The molecule has 1 atom stereocenters. The standard InChI is InChI=1S/C22H35N5O2/c1-3-25(4-2)21(29)18-16-27(24-23-18)19-10-11-22(19)12-14-26(15-13-22)20(28)17-8-6-5-7-9-17/h16-17,19H,3-15H2,1-2H3. The third-order valence-corrected chi connectivity index (χ3v) is 7.75. The lowest BCUT2D eigenvalue weighted by Crippen LogP contribution is -2.52. The molecule has 0 bridgehead atoms. The number of rotatable bonds is 5. The first-order valence-corrected chi connectivity index (χ1v) is 11.6. The predicted octanol–water partition coefficient (Wildman–Crippen LogP) is 3.28. The number of hydrogen-bond donors (Lipinski definition) is 0. The molecule has 3 fully saturated rings. The molecule has 1 spiro atoms. The van der Waals surface area contributed by atoms with Crippen molar-refractivity contribution in [1.29, 1.82) is 0 Å². The molecule has 0 N–H and O–H groups in total. The van der Waals surface area contributed by atoms with Gasteiger partial charge < -0.3 is 9.80 Å². The quantitative estimate of drug-likeness (QED) is 0.759. The van der Waals surface area contributed by atoms with Crippen LogP contribution in [0.25, 0.3) is 0 Å². The Morgan fingerprint density at radius 1 is 1.07 bits per heavy atom. The second kappa shape index (κ2) is 8.44. The van der Waals surface area contributed by atoms with Crippen LogP contribution in [-0.4, -0.2) is 62.8 Å². The Balaban J connectivity index is 1.37. The summed E-state index contributed by atoms with van der Waals surface area (Å²) in [6.07, 6.45) is 12.0. The van der Waals surface area contributed by atoms with Crippen LogP contribution < -0.4 is 0 Å². The van der Waals surface area contributed by atoms with Crippen LogP contribution >= 0.6 is 0 Å². The number of carbonyl (C=O) groups excluding carboxylic acids is 2. The average molecular weight is 402 g/mol. The SMILES string of the molecule is CCN(CC)C(=O)c1cn(C2CCC23CCN(C(=O)C2CCCCC2)CC3)nn1. The predicted molar refractivity (Wildman–Crippen MR) is 110 cm³/mol. The van der Waals surface area contributed by atoms with Crippen molar-refractivity contribution in [3.05, 3.63) is 11.9 Å². The number of likely N-dealkylation sites (tertiary alicyclic amines) is 1. The van der Waals surface area contributed by atoms with Crippen molar-refractivity contribution in [3.63, 3.8) is 0 Å². The van der Waals surface area contributed by atoms with E-state index in [1.54, 1.807) is 4.90 Å². The van der Waals surface area contributed by atoms with E-state index < -0.39 is 0 Å². The molecule has 2 aliphatic carbocycles. The van der Waals surface area contributed by atoms with Gasteiger partial charge in [-0.25, -0.2) is 4.68 Å². The van der Waals surface area contributed by atoms with Crippen molar-refractivity contribution in [2.45, 2.75) is 77.7 Å². The molecule has 3 aliphatic rings. The van der Waals surface area contributed by atoms with Gasteiger partial charge in [0.05, 0.1) is 12.2 Å². The maximum atomic E-state index is 12.9. The van der Waals surface area contributed by atoms with Crippen LogP contribution in [0.1, 0.15) is 88.2 Å². The first-order valence-electron chi connectivity index (χ1n) is 11.6. The molecule has 1 aromatic rings. The minimum atomic E-state index is -0.0393. The van der Waals surface area contributed by atoms with Crippen LogP contribution in [0.4, 0.5) is 0 Å². The molecule has 29 heavy (non-hydrogen) atoms. The van der Waals surface area contributed by atoms with E-state index in [1.165, 1.54) is 25.7 Å². The Bertz CT molecular complexity index is 727. The summed E-state index contributed by atoms with van der Waals surface area (Å²) < 4.78 is 1.93. The van der Waals surface area contributed by atoms with Gasteiger partial charge in [0.15, 0.2) is 5.69 Å². The highest BCUT2D eigenvalue weighted by Gasteiger charge is 2.50. The summed E-state index contributed by atoms with van der Waals surface area (Å²) >= 11 is 0. The number of amides is 2. The fourth-order valence-corrected chi connectivity index (χ4v) is 5.66. The highest BCUT2D eigenvalue weighted by atomic mass is 16.2. The summed E-state index contributed by atoms with van der Waals surface area (Å²) in [6.45, 7) is 7.06. The van der Waals surface area contributed by atoms with Gasteiger partial charge in [-0.05, 0) is 57.8 Å². The lowest BCUT2D eigenvalue weighted by molar-refractivity contribution is -0.141. The number of hydrogen-bond acceptors (Lipinski definition) is 4. The van der Waals surface area contributed by atoms with Gasteiger partial charge in [-0.2, -0.15) is 0 Å². The van der Waals surface area contributed by atoms with Gasteiger partial charge in [0, 0.05) is 32.1 Å². The van der Waals surface area contributed by atoms with Crippen molar-refractivity contribution in [2.24, 2.45) is 11.3 Å². The number of aromatic nitrogens is 3. The largest absolute Gasteiger partial charge is 0.342 e. The Labute approximate surface area is 173 Å². The zero-order chi connectivity index (χ0) is 20.4. The normalized spacial score (nSPS) is 24.3.